The molecule has 0 spiro atoms. The summed E-state index contributed by atoms with van der Waals surface area (Å²) in [6, 6.07) is 5.00. The van der Waals surface area contributed by atoms with Gasteiger partial charge in [-0.05, 0) is 43.5 Å². The van der Waals surface area contributed by atoms with Gasteiger partial charge in [-0.15, -0.1) is 0 Å². The van der Waals surface area contributed by atoms with Crippen LogP contribution in [0.2, 0.25) is 5.02 Å². The van der Waals surface area contributed by atoms with E-state index in [-0.39, 0.29) is 16.7 Å². The Morgan fingerprint density at radius 2 is 2.29 bits per heavy atom. The molecule has 1 aliphatic heterocycles. The smallest absolute Gasteiger partial charge is 0.253 e. The third-order valence-electron chi connectivity index (χ3n) is 3.67. The highest BCUT2D eigenvalue weighted by Gasteiger charge is 2.23. The summed E-state index contributed by atoms with van der Waals surface area (Å²) < 4.78 is 0. The van der Waals surface area contributed by atoms with Crippen LogP contribution in [0.3, 0.4) is 0 Å². The summed E-state index contributed by atoms with van der Waals surface area (Å²) in [5, 5.41) is 13.1. The molecule has 1 aliphatic rings. The molecular formula is C16H23ClN2O2. The van der Waals surface area contributed by atoms with Gasteiger partial charge in [-0.3, -0.25) is 4.79 Å². The van der Waals surface area contributed by atoms with Crippen molar-refractivity contribution >= 4 is 17.5 Å². The number of amides is 1. The maximum Gasteiger partial charge on any atom is 0.253 e. The number of halogens is 1. The molecule has 1 unspecified atom stereocenters. The Morgan fingerprint density at radius 3 is 2.86 bits per heavy atom. The van der Waals surface area contributed by atoms with Crippen LogP contribution < -0.4 is 5.32 Å². The number of benzene rings is 1. The number of hydrogen-bond acceptors (Lipinski definition) is 3. The van der Waals surface area contributed by atoms with E-state index in [1.165, 1.54) is 18.6 Å². The van der Waals surface area contributed by atoms with Crippen LogP contribution in [0.25, 0.3) is 0 Å². The van der Waals surface area contributed by atoms with Gasteiger partial charge < -0.3 is 15.3 Å². The summed E-state index contributed by atoms with van der Waals surface area (Å²) in [7, 11) is 0. The van der Waals surface area contributed by atoms with Gasteiger partial charge in [0.2, 0.25) is 0 Å². The molecule has 1 atom stereocenters. The summed E-state index contributed by atoms with van der Waals surface area (Å²) in [4.78, 5) is 14.6. The lowest BCUT2D eigenvalue weighted by atomic mass is 10.1. The number of hydrogen-bond donors (Lipinski definition) is 2. The van der Waals surface area contributed by atoms with Crippen molar-refractivity contribution in [1.29, 1.82) is 0 Å². The topological polar surface area (TPSA) is 52.6 Å². The maximum absolute atomic E-state index is 12.7. The first-order chi connectivity index (χ1) is 9.97. The second kappa shape index (κ2) is 7.14. The fraction of sp³-hybridized carbons (Fsp3) is 0.562. The summed E-state index contributed by atoms with van der Waals surface area (Å²) in [5.74, 6) is 0.378. The third-order valence-corrected chi connectivity index (χ3v) is 3.97. The summed E-state index contributed by atoms with van der Waals surface area (Å²) in [5.41, 5.74) is 0.524. The average molecular weight is 311 g/mol. The first kappa shape index (κ1) is 16.1. The van der Waals surface area contributed by atoms with Gasteiger partial charge in [0.15, 0.2) is 0 Å². The third kappa shape index (κ3) is 4.35. The molecule has 1 aromatic rings. The van der Waals surface area contributed by atoms with E-state index in [9.17, 15) is 9.90 Å². The molecular weight excluding hydrogens is 288 g/mol. The standard InChI is InChI=1S/C16H23ClN2O2/c1-11(2)9-19(10-13-4-3-7-18-13)16(21)12-5-6-15(20)14(17)8-12/h5-6,8,11,13,18,20H,3-4,7,9-10H2,1-2H3. The number of phenols is 1. The van der Waals surface area contributed by atoms with Crippen LogP contribution in [0.15, 0.2) is 18.2 Å². The molecule has 1 saturated heterocycles. The largest absolute Gasteiger partial charge is 0.506 e. The van der Waals surface area contributed by atoms with Gasteiger partial charge in [-0.25, -0.2) is 0 Å². The van der Waals surface area contributed by atoms with Crippen molar-refractivity contribution in [2.45, 2.75) is 32.7 Å². The summed E-state index contributed by atoms with van der Waals surface area (Å²) >= 11 is 5.91. The lowest BCUT2D eigenvalue weighted by molar-refractivity contribution is 0.0721. The Morgan fingerprint density at radius 1 is 1.52 bits per heavy atom. The molecule has 0 saturated carbocycles. The van der Waals surface area contributed by atoms with Crippen LogP contribution >= 0.6 is 11.6 Å². The Bertz CT molecular complexity index is 499. The maximum atomic E-state index is 12.7. The molecule has 1 amide bonds. The molecule has 1 aromatic carbocycles. The average Bonchev–Trinajstić information content (AvgIpc) is 2.93. The normalized spacial score (nSPS) is 18.2. The van der Waals surface area contributed by atoms with E-state index in [2.05, 4.69) is 19.2 Å². The lowest BCUT2D eigenvalue weighted by Gasteiger charge is -2.27. The van der Waals surface area contributed by atoms with E-state index in [0.717, 1.165) is 26.1 Å². The Kier molecular flexibility index (Phi) is 5.48. The fourth-order valence-corrected chi connectivity index (χ4v) is 2.86. The van der Waals surface area contributed by atoms with E-state index in [4.69, 9.17) is 11.6 Å². The first-order valence-electron chi connectivity index (χ1n) is 7.48. The summed E-state index contributed by atoms with van der Waals surface area (Å²) in [6.45, 7) is 6.67. The van der Waals surface area contributed by atoms with Gasteiger partial charge in [-0.2, -0.15) is 0 Å². The van der Waals surface area contributed by atoms with Crippen molar-refractivity contribution in [3.63, 3.8) is 0 Å². The fourth-order valence-electron chi connectivity index (χ4n) is 2.68. The number of aromatic hydroxyl groups is 1. The van der Waals surface area contributed by atoms with Crippen molar-refractivity contribution < 1.29 is 9.90 Å². The number of carbonyl (C=O) groups excluding carboxylic acids is 1. The van der Waals surface area contributed by atoms with Crippen LogP contribution in [0.5, 0.6) is 5.75 Å². The minimum atomic E-state index is -0.0284. The molecule has 116 valence electrons. The van der Waals surface area contributed by atoms with Crippen LogP contribution in [0.4, 0.5) is 0 Å². The molecule has 5 heteroatoms. The van der Waals surface area contributed by atoms with Crippen molar-refractivity contribution in [3.8, 4) is 5.75 Å². The Hall–Kier alpha value is -1.26. The quantitative estimate of drug-likeness (QED) is 0.879. The molecule has 0 aromatic heterocycles. The monoisotopic (exact) mass is 310 g/mol. The molecule has 21 heavy (non-hydrogen) atoms. The number of nitrogens with one attached hydrogen (secondary N) is 1. The lowest BCUT2D eigenvalue weighted by Crippen LogP contribution is -2.42. The van der Waals surface area contributed by atoms with Gasteiger partial charge in [0.25, 0.3) is 5.91 Å². The number of rotatable bonds is 5. The zero-order chi connectivity index (χ0) is 15.4. The van der Waals surface area contributed by atoms with Crippen molar-refractivity contribution in [1.82, 2.24) is 10.2 Å². The number of nitrogens with zero attached hydrogens (tertiary/aromatic N) is 1. The highest BCUT2D eigenvalue weighted by Crippen LogP contribution is 2.24. The van der Waals surface area contributed by atoms with Gasteiger partial charge >= 0.3 is 0 Å². The van der Waals surface area contributed by atoms with E-state index in [0.29, 0.717) is 17.5 Å². The van der Waals surface area contributed by atoms with E-state index in [1.54, 1.807) is 6.07 Å². The second-order valence-corrected chi connectivity index (χ2v) is 6.47. The zero-order valence-electron chi connectivity index (χ0n) is 12.6. The molecule has 4 nitrogen and oxygen atoms in total. The number of carbonyl (C=O) groups is 1. The molecule has 1 fully saturated rings. The first-order valence-corrected chi connectivity index (χ1v) is 7.86. The molecule has 2 rings (SSSR count). The van der Waals surface area contributed by atoms with Crippen LogP contribution in [-0.2, 0) is 0 Å². The van der Waals surface area contributed by atoms with E-state index >= 15 is 0 Å². The molecule has 0 aliphatic carbocycles. The minimum Gasteiger partial charge on any atom is -0.506 e. The number of phenolic OH excluding ortho intramolecular Hbond substituents is 1. The van der Waals surface area contributed by atoms with Crippen molar-refractivity contribution in [3.05, 3.63) is 28.8 Å². The SMILES string of the molecule is CC(C)CN(CC1CCCN1)C(=O)c1ccc(O)c(Cl)c1. The summed E-state index contributed by atoms with van der Waals surface area (Å²) in [6.07, 6.45) is 2.28. The molecule has 1 heterocycles. The predicted molar refractivity (Wildman–Crippen MR) is 84.9 cm³/mol. The van der Waals surface area contributed by atoms with E-state index < -0.39 is 0 Å². The highest BCUT2D eigenvalue weighted by atomic mass is 35.5. The highest BCUT2D eigenvalue weighted by molar-refractivity contribution is 6.32. The molecule has 0 radical (unpaired) electrons. The predicted octanol–water partition coefficient (Wildman–Crippen LogP) is 2.90. The van der Waals surface area contributed by atoms with Gasteiger partial charge in [0.1, 0.15) is 5.75 Å². The van der Waals surface area contributed by atoms with E-state index in [1.807, 2.05) is 4.90 Å². The molecule has 0 bridgehead atoms. The van der Waals surface area contributed by atoms with Gasteiger partial charge in [0.05, 0.1) is 5.02 Å². The van der Waals surface area contributed by atoms with Crippen LogP contribution in [0, 0.1) is 5.92 Å². The second-order valence-electron chi connectivity index (χ2n) is 6.06. The zero-order valence-corrected chi connectivity index (χ0v) is 13.4. The van der Waals surface area contributed by atoms with Crippen LogP contribution in [-0.4, -0.2) is 41.6 Å². The van der Waals surface area contributed by atoms with Crippen molar-refractivity contribution in [2.75, 3.05) is 19.6 Å². The Balaban J connectivity index is 2.13. The molecule has 2 N–H and O–H groups in total. The minimum absolute atomic E-state index is 0.00101. The van der Waals surface area contributed by atoms with Crippen molar-refractivity contribution in [2.24, 2.45) is 5.92 Å². The van der Waals surface area contributed by atoms with Crippen LogP contribution in [0.1, 0.15) is 37.0 Å². The Labute approximate surface area is 131 Å². The van der Waals surface area contributed by atoms with Gasteiger partial charge in [0, 0.05) is 24.7 Å². The van der Waals surface area contributed by atoms with Gasteiger partial charge in [-0.1, -0.05) is 25.4 Å².